The molecule has 0 amide bonds. The summed E-state index contributed by atoms with van der Waals surface area (Å²) < 4.78 is 31.8. The Balaban J connectivity index is 3.13. The van der Waals surface area contributed by atoms with Gasteiger partial charge in [0.25, 0.3) is 0 Å². The topological polar surface area (TPSA) is 92.7 Å². The predicted molar refractivity (Wildman–Crippen MR) is 74.2 cm³/mol. The summed E-state index contributed by atoms with van der Waals surface area (Å²) in [6.45, 7) is 3.49. The van der Waals surface area contributed by atoms with E-state index in [0.717, 1.165) is 0 Å². The Morgan fingerprint density at radius 3 is 2.50 bits per heavy atom. The number of carbonyl (C=O) groups is 1. The van der Waals surface area contributed by atoms with Gasteiger partial charge in [0.05, 0.1) is 7.11 Å². The van der Waals surface area contributed by atoms with E-state index in [1.54, 1.807) is 26.0 Å². The maximum absolute atomic E-state index is 12.3. The summed E-state index contributed by atoms with van der Waals surface area (Å²) in [7, 11) is -2.60. The quantitative estimate of drug-likeness (QED) is 0.795. The lowest BCUT2D eigenvalue weighted by atomic mass is 10.0. The van der Waals surface area contributed by atoms with E-state index >= 15 is 0 Å². The van der Waals surface area contributed by atoms with Crippen molar-refractivity contribution < 1.29 is 23.1 Å². The molecule has 0 spiro atoms. The largest absolute Gasteiger partial charge is 0.495 e. The van der Waals surface area contributed by atoms with Gasteiger partial charge in [-0.15, -0.1) is 0 Å². The highest BCUT2D eigenvalue weighted by atomic mass is 32.2. The SMILES string of the molecule is CCC(C)[C@H](NS(=O)(=O)c1ccccc1OC)C(=O)O. The summed E-state index contributed by atoms with van der Waals surface area (Å²) in [5.74, 6) is -1.34. The van der Waals surface area contributed by atoms with Crippen molar-refractivity contribution in [1.82, 2.24) is 4.72 Å². The van der Waals surface area contributed by atoms with Crippen LogP contribution in [0.3, 0.4) is 0 Å². The maximum Gasteiger partial charge on any atom is 0.322 e. The summed E-state index contributed by atoms with van der Waals surface area (Å²) >= 11 is 0. The molecule has 0 aliphatic rings. The minimum atomic E-state index is -3.96. The monoisotopic (exact) mass is 301 g/mol. The van der Waals surface area contributed by atoms with Crippen molar-refractivity contribution in [3.05, 3.63) is 24.3 Å². The molecular weight excluding hydrogens is 282 g/mol. The van der Waals surface area contributed by atoms with Gasteiger partial charge in [-0.3, -0.25) is 4.79 Å². The number of hydrogen-bond acceptors (Lipinski definition) is 4. The smallest absolute Gasteiger partial charge is 0.322 e. The van der Waals surface area contributed by atoms with Crippen molar-refractivity contribution in [3.8, 4) is 5.75 Å². The van der Waals surface area contributed by atoms with Gasteiger partial charge in [-0.2, -0.15) is 4.72 Å². The van der Waals surface area contributed by atoms with Gasteiger partial charge in [0.15, 0.2) is 0 Å². The Bertz CT molecular complexity index is 570. The number of nitrogens with one attached hydrogen (secondary N) is 1. The Morgan fingerprint density at radius 1 is 1.40 bits per heavy atom. The van der Waals surface area contributed by atoms with Gasteiger partial charge in [-0.25, -0.2) is 8.42 Å². The van der Waals surface area contributed by atoms with Gasteiger partial charge < -0.3 is 9.84 Å². The number of sulfonamides is 1. The van der Waals surface area contributed by atoms with Crippen LogP contribution in [0.4, 0.5) is 0 Å². The molecule has 0 aromatic heterocycles. The van der Waals surface area contributed by atoms with Crippen molar-refractivity contribution in [1.29, 1.82) is 0 Å². The fraction of sp³-hybridized carbons (Fsp3) is 0.462. The van der Waals surface area contributed by atoms with E-state index in [-0.39, 0.29) is 16.6 Å². The molecule has 2 N–H and O–H groups in total. The zero-order chi connectivity index (χ0) is 15.3. The van der Waals surface area contributed by atoms with Crippen LogP contribution in [0.25, 0.3) is 0 Å². The van der Waals surface area contributed by atoms with Crippen molar-refractivity contribution in [2.45, 2.75) is 31.2 Å². The van der Waals surface area contributed by atoms with Crippen LogP contribution in [0.15, 0.2) is 29.2 Å². The minimum absolute atomic E-state index is 0.0722. The van der Waals surface area contributed by atoms with E-state index in [1.165, 1.54) is 19.2 Å². The highest BCUT2D eigenvalue weighted by Gasteiger charge is 2.30. The molecule has 1 rings (SSSR count). The highest BCUT2D eigenvalue weighted by molar-refractivity contribution is 7.89. The predicted octanol–water partition coefficient (Wildman–Crippen LogP) is 1.47. The van der Waals surface area contributed by atoms with Gasteiger partial charge >= 0.3 is 5.97 Å². The van der Waals surface area contributed by atoms with Gasteiger partial charge in [0.2, 0.25) is 10.0 Å². The van der Waals surface area contributed by atoms with Crippen LogP contribution in [0, 0.1) is 5.92 Å². The third-order valence-electron chi connectivity index (χ3n) is 3.12. The number of rotatable bonds is 7. The first-order chi connectivity index (χ1) is 9.33. The lowest BCUT2D eigenvalue weighted by Crippen LogP contribution is -2.44. The third-order valence-corrected chi connectivity index (χ3v) is 4.60. The molecule has 0 aliphatic heterocycles. The normalized spacial score (nSPS) is 14.6. The number of methoxy groups -OCH3 is 1. The van der Waals surface area contributed by atoms with Crippen LogP contribution in [-0.4, -0.2) is 32.6 Å². The lowest BCUT2D eigenvalue weighted by Gasteiger charge is -2.20. The zero-order valence-electron chi connectivity index (χ0n) is 11.7. The van der Waals surface area contributed by atoms with Crippen molar-refractivity contribution in [3.63, 3.8) is 0 Å². The van der Waals surface area contributed by atoms with Gasteiger partial charge in [-0.05, 0) is 18.1 Å². The maximum atomic E-state index is 12.3. The standard InChI is InChI=1S/C13H19NO5S/c1-4-9(2)12(13(15)16)14-20(17,18)11-8-6-5-7-10(11)19-3/h5-9,12,14H,4H2,1-3H3,(H,15,16)/t9?,12-/m0/s1. The van der Waals surface area contributed by atoms with Gasteiger partial charge in [0, 0.05) is 0 Å². The molecule has 0 saturated carbocycles. The number of hydrogen-bond donors (Lipinski definition) is 2. The Kier molecular flexibility index (Phi) is 5.52. The molecule has 2 atom stereocenters. The van der Waals surface area contributed by atoms with Crippen LogP contribution in [0.2, 0.25) is 0 Å². The Hall–Kier alpha value is -1.60. The first-order valence-corrected chi connectivity index (χ1v) is 7.70. The number of aliphatic carboxylic acids is 1. The molecule has 1 aromatic rings. The molecular formula is C13H19NO5S. The summed E-state index contributed by atoms with van der Waals surface area (Å²) in [5, 5.41) is 9.15. The van der Waals surface area contributed by atoms with Crippen LogP contribution in [-0.2, 0) is 14.8 Å². The van der Waals surface area contributed by atoms with Gasteiger partial charge in [-0.1, -0.05) is 32.4 Å². The average Bonchev–Trinajstić information content (AvgIpc) is 2.43. The summed E-state index contributed by atoms with van der Waals surface area (Å²) in [5.41, 5.74) is 0. The fourth-order valence-electron chi connectivity index (χ4n) is 1.72. The molecule has 7 heteroatoms. The molecule has 1 unspecified atom stereocenters. The van der Waals surface area contributed by atoms with E-state index < -0.39 is 22.0 Å². The number of carboxylic acids is 1. The van der Waals surface area contributed by atoms with E-state index in [2.05, 4.69) is 4.72 Å². The van der Waals surface area contributed by atoms with Crippen molar-refractivity contribution in [2.75, 3.05) is 7.11 Å². The van der Waals surface area contributed by atoms with E-state index in [9.17, 15) is 13.2 Å². The summed E-state index contributed by atoms with van der Waals surface area (Å²) in [6, 6.07) is 4.90. The van der Waals surface area contributed by atoms with E-state index in [1.807, 2.05) is 0 Å². The molecule has 0 radical (unpaired) electrons. The lowest BCUT2D eigenvalue weighted by molar-refractivity contribution is -0.140. The molecule has 1 aromatic carbocycles. The second kappa shape index (κ2) is 6.71. The summed E-state index contributed by atoms with van der Waals surface area (Å²) in [4.78, 5) is 11.1. The van der Waals surface area contributed by atoms with Crippen LogP contribution in [0.1, 0.15) is 20.3 Å². The third kappa shape index (κ3) is 3.71. The van der Waals surface area contributed by atoms with E-state index in [0.29, 0.717) is 6.42 Å². The van der Waals surface area contributed by atoms with Gasteiger partial charge in [0.1, 0.15) is 16.7 Å². The number of carboxylic acid groups (broad SMARTS) is 1. The van der Waals surface area contributed by atoms with Crippen LogP contribution >= 0.6 is 0 Å². The molecule has 112 valence electrons. The van der Waals surface area contributed by atoms with Crippen molar-refractivity contribution >= 4 is 16.0 Å². The molecule has 6 nitrogen and oxygen atoms in total. The number of benzene rings is 1. The minimum Gasteiger partial charge on any atom is -0.495 e. The fourth-order valence-corrected chi connectivity index (χ4v) is 3.19. The molecule has 0 heterocycles. The average molecular weight is 301 g/mol. The molecule has 0 fully saturated rings. The molecule has 0 saturated heterocycles. The zero-order valence-corrected chi connectivity index (χ0v) is 12.5. The Labute approximate surface area is 118 Å². The number of ether oxygens (including phenoxy) is 1. The first kappa shape index (κ1) is 16.5. The van der Waals surface area contributed by atoms with Crippen molar-refractivity contribution in [2.24, 2.45) is 5.92 Å². The molecule has 20 heavy (non-hydrogen) atoms. The first-order valence-electron chi connectivity index (χ1n) is 6.21. The highest BCUT2D eigenvalue weighted by Crippen LogP contribution is 2.23. The second-order valence-corrected chi connectivity index (χ2v) is 6.16. The molecule has 0 aliphatic carbocycles. The molecule has 0 bridgehead atoms. The summed E-state index contributed by atoms with van der Waals surface area (Å²) in [6.07, 6.45) is 0.547. The number of para-hydroxylation sites is 1. The van der Waals surface area contributed by atoms with Crippen LogP contribution in [0.5, 0.6) is 5.75 Å². The second-order valence-electron chi connectivity index (χ2n) is 4.47. The Morgan fingerprint density at radius 2 is 2.00 bits per heavy atom. The van der Waals surface area contributed by atoms with Crippen LogP contribution < -0.4 is 9.46 Å². The van der Waals surface area contributed by atoms with E-state index in [4.69, 9.17) is 9.84 Å².